The molecule has 0 N–H and O–H groups in total. The Morgan fingerprint density at radius 2 is 2.50 bits per heavy atom. The summed E-state index contributed by atoms with van der Waals surface area (Å²) < 4.78 is 0.681. The van der Waals surface area contributed by atoms with Gasteiger partial charge in [-0.05, 0) is 11.4 Å². The van der Waals surface area contributed by atoms with Gasteiger partial charge >= 0.3 is 0 Å². The minimum atomic E-state index is 0.681. The molecule has 8 heavy (non-hydrogen) atoms. The third-order valence-electron chi connectivity index (χ3n) is 0.732. The maximum absolute atomic E-state index is 4.79. The average Bonchev–Trinajstić information content (AvgIpc) is 2.12. The molecule has 0 atom stereocenters. The molecule has 1 aromatic heterocycles. The van der Waals surface area contributed by atoms with Crippen LogP contribution in [-0.2, 0) is 0 Å². The van der Waals surface area contributed by atoms with E-state index in [0.29, 0.717) is 4.20 Å². The molecule has 3 heteroatoms. The fraction of sp³-hybridized carbons (Fsp3) is 0. The Hall–Kier alpha value is 0.140. The highest BCUT2D eigenvalue weighted by Crippen LogP contribution is 2.11. The summed E-state index contributed by atoms with van der Waals surface area (Å²) in [6.07, 6.45) is 0. The largest absolute Gasteiger partial charge is 0.142 e. The van der Waals surface area contributed by atoms with Crippen molar-refractivity contribution in [3.63, 3.8) is 0 Å². The predicted octanol–water partition coefficient (Wildman–Crippen LogP) is 2.35. The molecule has 42 valence electrons. The first-order valence-electron chi connectivity index (χ1n) is 2.07. The average molecular weight is 160 g/mol. The molecule has 0 saturated carbocycles. The van der Waals surface area contributed by atoms with E-state index in [0.717, 1.165) is 4.88 Å². The van der Waals surface area contributed by atoms with Gasteiger partial charge < -0.3 is 0 Å². The van der Waals surface area contributed by atoms with Crippen molar-refractivity contribution < 1.29 is 0 Å². The number of thiol groups is 1. The van der Waals surface area contributed by atoms with E-state index >= 15 is 0 Å². The molecule has 0 bridgehead atoms. The van der Waals surface area contributed by atoms with E-state index in [1.807, 2.05) is 17.5 Å². The van der Waals surface area contributed by atoms with Gasteiger partial charge in [-0.1, -0.05) is 18.3 Å². The minimum absolute atomic E-state index is 0.681. The van der Waals surface area contributed by atoms with E-state index in [2.05, 4.69) is 12.6 Å². The standard InChI is InChI=1S/C5H4S3/c6-5(7)4-2-1-3-8-4/h1-3H,(H,6,7). The van der Waals surface area contributed by atoms with Gasteiger partial charge in [0.25, 0.3) is 0 Å². The predicted molar refractivity (Wildman–Crippen MR) is 45.0 cm³/mol. The van der Waals surface area contributed by atoms with E-state index in [9.17, 15) is 0 Å². The molecule has 1 heterocycles. The van der Waals surface area contributed by atoms with Crippen LogP contribution in [0.2, 0.25) is 0 Å². The van der Waals surface area contributed by atoms with E-state index in [4.69, 9.17) is 12.2 Å². The molecular formula is C5H4S3. The van der Waals surface area contributed by atoms with Crippen molar-refractivity contribution >= 4 is 40.4 Å². The molecule has 0 fully saturated rings. The molecule has 0 aliphatic rings. The molecule has 0 spiro atoms. The monoisotopic (exact) mass is 160 g/mol. The van der Waals surface area contributed by atoms with Gasteiger partial charge in [0.1, 0.15) is 0 Å². The lowest BCUT2D eigenvalue weighted by molar-refractivity contribution is 2.00. The highest BCUT2D eigenvalue weighted by atomic mass is 32.1. The quantitative estimate of drug-likeness (QED) is 0.486. The Kier molecular flexibility index (Phi) is 2.05. The Morgan fingerprint density at radius 1 is 1.75 bits per heavy atom. The number of hydrogen-bond acceptors (Lipinski definition) is 2. The lowest BCUT2D eigenvalue weighted by Crippen LogP contribution is -1.75. The third kappa shape index (κ3) is 1.31. The fourth-order valence-corrected chi connectivity index (χ4v) is 1.41. The zero-order valence-electron chi connectivity index (χ0n) is 4.00. The van der Waals surface area contributed by atoms with Gasteiger partial charge in [0, 0.05) is 0 Å². The first-order valence-corrected chi connectivity index (χ1v) is 3.81. The van der Waals surface area contributed by atoms with Crippen LogP contribution in [0.5, 0.6) is 0 Å². The van der Waals surface area contributed by atoms with Crippen LogP contribution in [0.1, 0.15) is 4.88 Å². The van der Waals surface area contributed by atoms with Gasteiger partial charge in [0.2, 0.25) is 0 Å². The van der Waals surface area contributed by atoms with Crippen LogP contribution in [0.15, 0.2) is 17.5 Å². The molecule has 1 rings (SSSR count). The first kappa shape index (κ1) is 6.26. The summed E-state index contributed by atoms with van der Waals surface area (Å²) in [4.78, 5) is 1.07. The molecule has 0 saturated heterocycles. The molecule has 0 nitrogen and oxygen atoms in total. The van der Waals surface area contributed by atoms with E-state index < -0.39 is 0 Å². The summed E-state index contributed by atoms with van der Waals surface area (Å²) in [5.74, 6) is 0. The van der Waals surface area contributed by atoms with Crippen molar-refractivity contribution in [2.45, 2.75) is 0 Å². The van der Waals surface area contributed by atoms with E-state index in [-0.39, 0.29) is 0 Å². The summed E-state index contributed by atoms with van der Waals surface area (Å²) in [5.41, 5.74) is 0. The maximum Gasteiger partial charge on any atom is 0.0847 e. The van der Waals surface area contributed by atoms with Crippen LogP contribution in [0, 0.1) is 0 Å². The molecule has 1 aromatic rings. The summed E-state index contributed by atoms with van der Waals surface area (Å²) in [7, 11) is 0. The lowest BCUT2D eigenvalue weighted by atomic mass is 10.5. The number of hydrogen-bond donors (Lipinski definition) is 1. The van der Waals surface area contributed by atoms with Crippen LogP contribution in [0.25, 0.3) is 0 Å². The zero-order chi connectivity index (χ0) is 5.98. The van der Waals surface area contributed by atoms with E-state index in [1.165, 1.54) is 0 Å². The van der Waals surface area contributed by atoms with Crippen LogP contribution in [0.3, 0.4) is 0 Å². The van der Waals surface area contributed by atoms with Crippen LogP contribution >= 0.6 is 36.2 Å². The maximum atomic E-state index is 4.79. The normalized spacial score (nSPS) is 9.12. The van der Waals surface area contributed by atoms with Crippen LogP contribution in [-0.4, -0.2) is 4.20 Å². The van der Waals surface area contributed by atoms with Crippen molar-refractivity contribution in [2.24, 2.45) is 0 Å². The zero-order valence-corrected chi connectivity index (χ0v) is 6.52. The lowest BCUT2D eigenvalue weighted by Gasteiger charge is -1.82. The van der Waals surface area contributed by atoms with E-state index in [1.54, 1.807) is 11.3 Å². The number of thiophene rings is 1. The second kappa shape index (κ2) is 2.62. The molecule has 0 unspecified atom stereocenters. The summed E-state index contributed by atoms with van der Waals surface area (Å²) >= 11 is 10.4. The molecule has 0 aliphatic heterocycles. The van der Waals surface area contributed by atoms with Crippen molar-refractivity contribution in [1.82, 2.24) is 0 Å². The molecule has 0 aliphatic carbocycles. The highest BCUT2D eigenvalue weighted by molar-refractivity contribution is 8.12. The first-order chi connectivity index (χ1) is 3.80. The van der Waals surface area contributed by atoms with Gasteiger partial charge in [0.15, 0.2) is 0 Å². The number of rotatable bonds is 1. The van der Waals surface area contributed by atoms with Crippen molar-refractivity contribution in [3.8, 4) is 0 Å². The van der Waals surface area contributed by atoms with Gasteiger partial charge in [-0.25, -0.2) is 0 Å². The SMILES string of the molecule is S=C(S)c1cccs1. The smallest absolute Gasteiger partial charge is 0.0847 e. The summed E-state index contributed by atoms with van der Waals surface area (Å²) in [6, 6.07) is 3.92. The summed E-state index contributed by atoms with van der Waals surface area (Å²) in [5, 5.41) is 1.98. The van der Waals surface area contributed by atoms with Crippen LogP contribution < -0.4 is 0 Å². The van der Waals surface area contributed by atoms with Crippen LogP contribution in [0.4, 0.5) is 0 Å². The minimum Gasteiger partial charge on any atom is -0.142 e. The Morgan fingerprint density at radius 3 is 2.75 bits per heavy atom. The van der Waals surface area contributed by atoms with Gasteiger partial charge in [-0.3, -0.25) is 0 Å². The summed E-state index contributed by atoms with van der Waals surface area (Å²) in [6.45, 7) is 0. The number of thiocarbonyl (C=S) groups is 1. The molecule has 0 radical (unpaired) electrons. The third-order valence-corrected chi connectivity index (χ3v) is 2.36. The van der Waals surface area contributed by atoms with Crippen molar-refractivity contribution in [2.75, 3.05) is 0 Å². The molecular weight excluding hydrogens is 156 g/mol. The van der Waals surface area contributed by atoms with Gasteiger partial charge in [-0.2, -0.15) is 0 Å². The topological polar surface area (TPSA) is 0 Å². The Bertz CT molecular complexity index is 176. The van der Waals surface area contributed by atoms with Gasteiger partial charge in [-0.15, -0.1) is 24.0 Å². The second-order valence-electron chi connectivity index (χ2n) is 1.28. The Balaban J connectivity index is 2.93. The molecule has 0 amide bonds. The second-order valence-corrected chi connectivity index (χ2v) is 3.39. The Labute approximate surface area is 63.0 Å². The fourth-order valence-electron chi connectivity index (χ4n) is 0.400. The molecule has 0 aromatic carbocycles. The van der Waals surface area contributed by atoms with Gasteiger partial charge in [0.05, 0.1) is 9.07 Å². The van der Waals surface area contributed by atoms with Crippen molar-refractivity contribution in [1.29, 1.82) is 0 Å². The van der Waals surface area contributed by atoms with Crippen molar-refractivity contribution in [3.05, 3.63) is 22.4 Å². The highest BCUT2D eigenvalue weighted by Gasteiger charge is 1.92.